The molecule has 9 heteroatoms. The predicted octanol–water partition coefficient (Wildman–Crippen LogP) is 1.40. The first-order valence-corrected chi connectivity index (χ1v) is 8.91. The van der Waals surface area contributed by atoms with Crippen LogP contribution in [-0.2, 0) is 6.54 Å². The molecule has 0 unspecified atom stereocenters. The average Bonchev–Trinajstić information content (AvgIpc) is 3.31. The highest BCUT2D eigenvalue weighted by Gasteiger charge is 2.21. The molecule has 27 heavy (non-hydrogen) atoms. The standard InChI is InChI=1S/C18H21FN6O2/c1-20-13-3-2-7-23(10-13)17-5-4-14(9-16(17)19)25-12-15(27-18(25)26)11-24-8-6-21-22-24/h4-6,8-9,12-13,20H,2-3,7,10-11H2,1H3/t13-/m1/s1. The molecule has 1 aliphatic heterocycles. The van der Waals surface area contributed by atoms with Gasteiger partial charge in [0.05, 0.1) is 23.8 Å². The number of oxazole rings is 1. The first kappa shape index (κ1) is 17.5. The van der Waals surface area contributed by atoms with Gasteiger partial charge in [0.1, 0.15) is 18.1 Å². The lowest BCUT2D eigenvalue weighted by atomic mass is 10.0. The SMILES string of the molecule is CN[C@@H]1CCCN(c2ccc(-n3cc(Cn4ccnn4)oc3=O)cc2F)C1. The quantitative estimate of drug-likeness (QED) is 0.729. The van der Waals surface area contributed by atoms with Gasteiger partial charge < -0.3 is 14.6 Å². The molecule has 0 amide bonds. The van der Waals surface area contributed by atoms with E-state index in [1.54, 1.807) is 35.4 Å². The van der Waals surface area contributed by atoms with Gasteiger partial charge in [-0.15, -0.1) is 5.10 Å². The van der Waals surface area contributed by atoms with Crippen LogP contribution < -0.4 is 16.0 Å². The molecule has 0 spiro atoms. The largest absolute Gasteiger partial charge is 0.423 e. The summed E-state index contributed by atoms with van der Waals surface area (Å²) in [6.07, 6.45) is 6.87. The summed E-state index contributed by atoms with van der Waals surface area (Å²) in [6.45, 7) is 1.87. The number of hydrogen-bond donors (Lipinski definition) is 1. The van der Waals surface area contributed by atoms with Gasteiger partial charge in [0, 0.05) is 31.4 Å². The molecule has 1 saturated heterocycles. The van der Waals surface area contributed by atoms with Crippen LogP contribution in [0.1, 0.15) is 18.6 Å². The number of nitrogens with one attached hydrogen (secondary N) is 1. The van der Waals surface area contributed by atoms with Crippen LogP contribution in [0.5, 0.6) is 0 Å². The topological polar surface area (TPSA) is 81.1 Å². The Labute approximate surface area is 155 Å². The molecular weight excluding hydrogens is 351 g/mol. The maximum atomic E-state index is 14.8. The molecule has 0 saturated carbocycles. The van der Waals surface area contributed by atoms with Gasteiger partial charge in [0.15, 0.2) is 0 Å². The number of hydrogen-bond acceptors (Lipinski definition) is 6. The molecule has 3 heterocycles. The molecule has 1 fully saturated rings. The van der Waals surface area contributed by atoms with Crippen LogP contribution >= 0.6 is 0 Å². The lowest BCUT2D eigenvalue weighted by Crippen LogP contribution is -2.44. The van der Waals surface area contributed by atoms with Gasteiger partial charge in [0.25, 0.3) is 0 Å². The lowest BCUT2D eigenvalue weighted by molar-refractivity contribution is 0.439. The molecule has 0 radical (unpaired) electrons. The lowest BCUT2D eigenvalue weighted by Gasteiger charge is -2.34. The van der Waals surface area contributed by atoms with Crippen molar-refractivity contribution in [2.24, 2.45) is 0 Å². The molecule has 0 aliphatic carbocycles. The number of anilines is 1. The summed E-state index contributed by atoms with van der Waals surface area (Å²) < 4.78 is 22.8. The number of halogens is 1. The Bertz CT molecular complexity index is 965. The summed E-state index contributed by atoms with van der Waals surface area (Å²) >= 11 is 0. The van der Waals surface area contributed by atoms with E-state index in [9.17, 15) is 9.18 Å². The maximum Gasteiger partial charge on any atom is 0.423 e. The molecule has 1 aromatic carbocycles. The van der Waals surface area contributed by atoms with Crippen LogP contribution in [-0.4, -0.2) is 45.7 Å². The Hall–Kier alpha value is -2.94. The second kappa shape index (κ2) is 7.36. The van der Waals surface area contributed by atoms with Crippen molar-refractivity contribution in [3.8, 4) is 5.69 Å². The highest BCUT2D eigenvalue weighted by Crippen LogP contribution is 2.25. The first-order chi connectivity index (χ1) is 13.1. The molecule has 0 bridgehead atoms. The van der Waals surface area contributed by atoms with E-state index in [0.717, 1.165) is 25.9 Å². The van der Waals surface area contributed by atoms with Crippen LogP contribution in [0, 0.1) is 5.82 Å². The van der Waals surface area contributed by atoms with E-state index in [1.807, 2.05) is 11.9 Å². The summed E-state index contributed by atoms with van der Waals surface area (Å²) in [6, 6.07) is 5.18. The van der Waals surface area contributed by atoms with Crippen LogP contribution in [0.25, 0.3) is 5.69 Å². The third-order valence-corrected chi connectivity index (χ3v) is 4.86. The third kappa shape index (κ3) is 3.63. The van der Waals surface area contributed by atoms with E-state index in [1.165, 1.54) is 10.6 Å². The molecular formula is C18H21FN6O2. The summed E-state index contributed by atoms with van der Waals surface area (Å²) in [5.41, 5.74) is 0.982. The monoisotopic (exact) mass is 372 g/mol. The smallest absolute Gasteiger partial charge is 0.411 e. The average molecular weight is 372 g/mol. The second-order valence-corrected chi connectivity index (χ2v) is 6.64. The second-order valence-electron chi connectivity index (χ2n) is 6.64. The molecule has 4 rings (SSSR count). The van der Waals surface area contributed by atoms with Crippen molar-refractivity contribution in [1.82, 2.24) is 24.9 Å². The van der Waals surface area contributed by atoms with Crippen LogP contribution in [0.4, 0.5) is 10.1 Å². The van der Waals surface area contributed by atoms with Gasteiger partial charge in [-0.2, -0.15) is 0 Å². The molecule has 142 valence electrons. The molecule has 1 atom stereocenters. The Balaban J connectivity index is 1.57. The fraction of sp³-hybridized carbons (Fsp3) is 0.389. The minimum Gasteiger partial charge on any atom is -0.411 e. The van der Waals surface area contributed by atoms with Crippen LogP contribution in [0.15, 0.2) is 46.0 Å². The van der Waals surface area contributed by atoms with Gasteiger partial charge in [-0.05, 0) is 32.0 Å². The highest BCUT2D eigenvalue weighted by atomic mass is 19.1. The van der Waals surface area contributed by atoms with E-state index in [4.69, 9.17) is 4.42 Å². The Kier molecular flexibility index (Phi) is 4.76. The number of nitrogens with zero attached hydrogens (tertiary/aromatic N) is 5. The maximum absolute atomic E-state index is 14.8. The van der Waals surface area contributed by atoms with Crippen molar-refractivity contribution >= 4 is 5.69 Å². The summed E-state index contributed by atoms with van der Waals surface area (Å²) in [5, 5.41) is 10.8. The summed E-state index contributed by atoms with van der Waals surface area (Å²) in [4.78, 5) is 14.2. The van der Waals surface area contributed by atoms with Gasteiger partial charge in [-0.3, -0.25) is 0 Å². The molecule has 8 nitrogen and oxygen atoms in total. The summed E-state index contributed by atoms with van der Waals surface area (Å²) in [5.74, 6) is -0.497. The van der Waals surface area contributed by atoms with Gasteiger partial charge in [-0.25, -0.2) is 18.4 Å². The molecule has 2 aromatic heterocycles. The van der Waals surface area contributed by atoms with Gasteiger partial charge in [0.2, 0.25) is 0 Å². The fourth-order valence-electron chi connectivity index (χ4n) is 3.45. The Morgan fingerprint density at radius 3 is 3.04 bits per heavy atom. The zero-order valence-corrected chi connectivity index (χ0v) is 15.0. The van der Waals surface area contributed by atoms with Gasteiger partial charge >= 0.3 is 5.76 Å². The predicted molar refractivity (Wildman–Crippen MR) is 97.7 cm³/mol. The summed E-state index contributed by atoms with van der Waals surface area (Å²) in [7, 11) is 1.93. The van der Waals surface area contributed by atoms with Crippen molar-refractivity contribution in [1.29, 1.82) is 0 Å². The van der Waals surface area contributed by atoms with Crippen molar-refractivity contribution in [2.75, 3.05) is 25.0 Å². The van der Waals surface area contributed by atoms with Gasteiger partial charge in [-0.1, -0.05) is 5.21 Å². The van der Waals surface area contributed by atoms with Crippen molar-refractivity contribution in [2.45, 2.75) is 25.4 Å². The van der Waals surface area contributed by atoms with E-state index in [-0.39, 0.29) is 12.4 Å². The van der Waals surface area contributed by atoms with Crippen LogP contribution in [0.2, 0.25) is 0 Å². The number of rotatable bonds is 5. The molecule has 1 aliphatic rings. The third-order valence-electron chi connectivity index (χ3n) is 4.86. The van der Waals surface area contributed by atoms with E-state index in [2.05, 4.69) is 15.6 Å². The Morgan fingerprint density at radius 1 is 1.41 bits per heavy atom. The van der Waals surface area contributed by atoms with Crippen LogP contribution in [0.3, 0.4) is 0 Å². The van der Waals surface area contributed by atoms with E-state index >= 15 is 0 Å². The minimum absolute atomic E-state index is 0.280. The molecule has 1 N–H and O–H groups in total. The minimum atomic E-state index is -0.564. The zero-order chi connectivity index (χ0) is 18.8. The molecule has 3 aromatic rings. The van der Waals surface area contributed by atoms with Crippen molar-refractivity contribution in [3.05, 3.63) is 58.9 Å². The highest BCUT2D eigenvalue weighted by molar-refractivity contribution is 5.53. The van der Waals surface area contributed by atoms with E-state index in [0.29, 0.717) is 23.2 Å². The zero-order valence-electron chi connectivity index (χ0n) is 15.0. The van der Waals surface area contributed by atoms with Crippen molar-refractivity contribution < 1.29 is 8.81 Å². The fourth-order valence-corrected chi connectivity index (χ4v) is 3.45. The Morgan fingerprint density at radius 2 is 2.30 bits per heavy atom. The number of benzene rings is 1. The normalized spacial score (nSPS) is 17.4. The number of piperidine rings is 1. The first-order valence-electron chi connectivity index (χ1n) is 8.91. The number of likely N-dealkylation sites (N-methyl/N-ethyl adjacent to an activating group) is 1. The van der Waals surface area contributed by atoms with Crippen molar-refractivity contribution in [3.63, 3.8) is 0 Å². The number of aromatic nitrogens is 4. The van der Waals surface area contributed by atoms with E-state index < -0.39 is 5.76 Å².